The minimum atomic E-state index is -0.473. The molecule has 1 aromatic heterocycles. The second-order valence-corrected chi connectivity index (χ2v) is 4.57. The molecular formula is C15H9ClN2O2. The number of hydrogen-bond acceptors (Lipinski definition) is 4. The van der Waals surface area contributed by atoms with Crippen molar-refractivity contribution in [2.24, 2.45) is 4.99 Å². The number of ether oxygens (including phenoxy) is 1. The molecule has 0 atom stereocenters. The zero-order valence-corrected chi connectivity index (χ0v) is 11.0. The molecule has 4 nitrogen and oxygen atoms in total. The number of esters is 1. The first kappa shape index (κ1) is 12.6. The van der Waals surface area contributed by atoms with Gasteiger partial charge in [0.05, 0.1) is 5.56 Å². The fraction of sp³-hybridized carbons (Fsp3) is 0. The summed E-state index contributed by atoms with van der Waals surface area (Å²) in [4.78, 5) is 19.9. The largest absolute Gasteiger partial charge is 0.402 e. The average molecular weight is 285 g/mol. The molecule has 1 aliphatic heterocycles. The lowest BCUT2D eigenvalue weighted by atomic mass is 10.2. The normalized spacial score (nSPS) is 16.1. The lowest BCUT2D eigenvalue weighted by Gasteiger charge is -1.96. The van der Waals surface area contributed by atoms with E-state index in [0.29, 0.717) is 10.6 Å². The van der Waals surface area contributed by atoms with Crippen LogP contribution in [0.25, 0.3) is 6.08 Å². The quantitative estimate of drug-likeness (QED) is 0.629. The Morgan fingerprint density at radius 3 is 2.65 bits per heavy atom. The first-order valence-corrected chi connectivity index (χ1v) is 6.29. The molecule has 2 aromatic rings. The van der Waals surface area contributed by atoms with Crippen LogP contribution in [-0.2, 0) is 9.53 Å². The van der Waals surface area contributed by atoms with Gasteiger partial charge in [0.25, 0.3) is 0 Å². The van der Waals surface area contributed by atoms with Crippen molar-refractivity contribution >= 4 is 29.5 Å². The van der Waals surface area contributed by atoms with Crippen molar-refractivity contribution in [2.45, 2.75) is 0 Å². The van der Waals surface area contributed by atoms with Crippen LogP contribution < -0.4 is 0 Å². The molecule has 0 N–H and O–H groups in total. The number of halogens is 1. The SMILES string of the molecule is O=C1OC(c2cccnc2)=N/C1=C/c1ccc(Cl)cc1. The van der Waals surface area contributed by atoms with E-state index in [9.17, 15) is 4.79 Å². The molecule has 0 radical (unpaired) electrons. The van der Waals surface area contributed by atoms with Crippen LogP contribution in [0, 0.1) is 0 Å². The van der Waals surface area contributed by atoms with E-state index >= 15 is 0 Å². The van der Waals surface area contributed by atoms with Gasteiger partial charge in [-0.3, -0.25) is 4.98 Å². The number of aliphatic imine (C=N–C) groups is 1. The third kappa shape index (κ3) is 2.60. The third-order valence-electron chi connectivity index (χ3n) is 2.70. The van der Waals surface area contributed by atoms with Crippen molar-refractivity contribution in [1.82, 2.24) is 4.98 Å². The second kappa shape index (κ2) is 5.27. The number of nitrogens with zero attached hydrogens (tertiary/aromatic N) is 2. The van der Waals surface area contributed by atoms with Crippen LogP contribution >= 0.6 is 11.6 Å². The van der Waals surface area contributed by atoms with E-state index in [4.69, 9.17) is 16.3 Å². The Bertz CT molecular complexity index is 706. The zero-order valence-electron chi connectivity index (χ0n) is 10.3. The number of carbonyl (C=O) groups excluding carboxylic acids is 1. The minimum Gasteiger partial charge on any atom is -0.402 e. The highest BCUT2D eigenvalue weighted by molar-refractivity contribution is 6.30. The Kier molecular flexibility index (Phi) is 3.31. The molecule has 0 spiro atoms. The molecule has 0 saturated heterocycles. The summed E-state index contributed by atoms with van der Waals surface area (Å²) in [7, 11) is 0. The summed E-state index contributed by atoms with van der Waals surface area (Å²) < 4.78 is 5.13. The van der Waals surface area contributed by atoms with Gasteiger partial charge in [-0.25, -0.2) is 9.79 Å². The number of rotatable bonds is 2. The van der Waals surface area contributed by atoms with Crippen LogP contribution in [0.5, 0.6) is 0 Å². The van der Waals surface area contributed by atoms with Crippen LogP contribution in [0.3, 0.4) is 0 Å². The van der Waals surface area contributed by atoms with Gasteiger partial charge in [-0.05, 0) is 35.9 Å². The van der Waals surface area contributed by atoms with E-state index in [1.54, 1.807) is 54.9 Å². The molecule has 0 unspecified atom stereocenters. The molecule has 1 aromatic carbocycles. The monoisotopic (exact) mass is 284 g/mol. The Hall–Kier alpha value is -2.46. The molecule has 3 rings (SSSR count). The first-order valence-electron chi connectivity index (χ1n) is 5.91. The molecule has 0 aliphatic carbocycles. The van der Waals surface area contributed by atoms with E-state index in [1.165, 1.54) is 0 Å². The smallest absolute Gasteiger partial charge is 0.363 e. The van der Waals surface area contributed by atoms with Gasteiger partial charge in [0.15, 0.2) is 5.70 Å². The van der Waals surface area contributed by atoms with Crippen molar-refractivity contribution in [2.75, 3.05) is 0 Å². The van der Waals surface area contributed by atoms with Crippen LogP contribution in [0.1, 0.15) is 11.1 Å². The van der Waals surface area contributed by atoms with Gasteiger partial charge in [-0.15, -0.1) is 0 Å². The lowest BCUT2D eigenvalue weighted by molar-refractivity contribution is -0.129. The molecule has 1 aliphatic rings. The Morgan fingerprint density at radius 2 is 1.95 bits per heavy atom. The van der Waals surface area contributed by atoms with Gasteiger partial charge in [-0.2, -0.15) is 0 Å². The van der Waals surface area contributed by atoms with Crippen molar-refractivity contribution in [1.29, 1.82) is 0 Å². The Morgan fingerprint density at radius 1 is 1.15 bits per heavy atom. The fourth-order valence-corrected chi connectivity index (χ4v) is 1.86. The summed E-state index contributed by atoms with van der Waals surface area (Å²) >= 11 is 5.81. The highest BCUT2D eigenvalue weighted by Crippen LogP contribution is 2.19. The molecule has 98 valence electrons. The minimum absolute atomic E-state index is 0.256. The molecule has 0 amide bonds. The maximum atomic E-state index is 11.8. The maximum Gasteiger partial charge on any atom is 0.363 e. The maximum absolute atomic E-state index is 11.8. The predicted molar refractivity (Wildman–Crippen MR) is 76.3 cm³/mol. The molecule has 0 fully saturated rings. The molecular weight excluding hydrogens is 276 g/mol. The molecule has 5 heteroatoms. The summed E-state index contributed by atoms with van der Waals surface area (Å²) in [6.45, 7) is 0. The van der Waals surface area contributed by atoms with Crippen molar-refractivity contribution < 1.29 is 9.53 Å². The molecule has 0 bridgehead atoms. The summed E-state index contributed by atoms with van der Waals surface area (Å²) in [5.41, 5.74) is 1.75. The molecule has 20 heavy (non-hydrogen) atoms. The van der Waals surface area contributed by atoms with E-state index in [2.05, 4.69) is 9.98 Å². The van der Waals surface area contributed by atoms with Crippen molar-refractivity contribution in [3.63, 3.8) is 0 Å². The van der Waals surface area contributed by atoms with Crippen molar-refractivity contribution in [3.8, 4) is 0 Å². The summed E-state index contributed by atoms with van der Waals surface area (Å²) in [5, 5.41) is 0.640. The van der Waals surface area contributed by atoms with Gasteiger partial charge < -0.3 is 4.74 Å². The summed E-state index contributed by atoms with van der Waals surface area (Å²) in [6, 6.07) is 10.7. The van der Waals surface area contributed by atoms with Gasteiger partial charge in [0, 0.05) is 17.4 Å². The number of hydrogen-bond donors (Lipinski definition) is 0. The van der Waals surface area contributed by atoms with E-state index in [1.807, 2.05) is 0 Å². The van der Waals surface area contributed by atoms with Gasteiger partial charge in [-0.1, -0.05) is 23.7 Å². The second-order valence-electron chi connectivity index (χ2n) is 4.13. The van der Waals surface area contributed by atoms with Crippen LogP contribution in [0.4, 0.5) is 0 Å². The van der Waals surface area contributed by atoms with Crippen molar-refractivity contribution in [3.05, 3.63) is 70.6 Å². The number of aromatic nitrogens is 1. The third-order valence-corrected chi connectivity index (χ3v) is 2.95. The standard InChI is InChI=1S/C15H9ClN2O2/c16-12-5-3-10(4-6-12)8-13-15(19)20-14(18-13)11-2-1-7-17-9-11/h1-9H/b13-8+. The summed E-state index contributed by atoms with van der Waals surface area (Å²) in [5.74, 6) is -0.206. The summed E-state index contributed by atoms with van der Waals surface area (Å²) in [6.07, 6.45) is 4.89. The zero-order chi connectivity index (χ0) is 13.9. The van der Waals surface area contributed by atoms with E-state index in [0.717, 1.165) is 5.56 Å². The van der Waals surface area contributed by atoms with Crippen LogP contribution in [-0.4, -0.2) is 16.9 Å². The number of pyridine rings is 1. The molecule has 2 heterocycles. The predicted octanol–water partition coefficient (Wildman–Crippen LogP) is 3.08. The number of cyclic esters (lactones) is 1. The van der Waals surface area contributed by atoms with Gasteiger partial charge >= 0.3 is 5.97 Å². The fourth-order valence-electron chi connectivity index (χ4n) is 1.74. The highest BCUT2D eigenvalue weighted by Gasteiger charge is 2.24. The topological polar surface area (TPSA) is 51.5 Å². The average Bonchev–Trinajstić information content (AvgIpc) is 2.84. The Balaban J connectivity index is 1.92. The van der Waals surface area contributed by atoms with Crippen LogP contribution in [0.15, 0.2) is 59.5 Å². The molecule has 0 saturated carbocycles. The van der Waals surface area contributed by atoms with Crippen LogP contribution in [0.2, 0.25) is 5.02 Å². The van der Waals surface area contributed by atoms with Gasteiger partial charge in [0.1, 0.15) is 0 Å². The number of carbonyl (C=O) groups is 1. The first-order chi connectivity index (χ1) is 9.72. The van der Waals surface area contributed by atoms with E-state index in [-0.39, 0.29) is 11.6 Å². The highest BCUT2D eigenvalue weighted by atomic mass is 35.5. The van der Waals surface area contributed by atoms with Gasteiger partial charge in [0.2, 0.25) is 5.90 Å². The van der Waals surface area contributed by atoms with E-state index < -0.39 is 5.97 Å². The lowest BCUT2D eigenvalue weighted by Crippen LogP contribution is -2.05. The number of benzene rings is 1. The Labute approximate surface area is 120 Å².